The number of rotatable bonds is 4. The molecule has 3 rings (SSSR count). The standard InChI is InChI=1S/C18H17IN2O3/c1-11-20-17-15(8-14(24-3)9-16(17)19)18(22)21(11)10-12-4-6-13(23-2)7-5-12/h4-9H,10H2,1-3H3. The number of hydrogen-bond acceptors (Lipinski definition) is 4. The topological polar surface area (TPSA) is 53.4 Å². The van der Waals surface area contributed by atoms with E-state index in [0.717, 1.165) is 14.9 Å². The van der Waals surface area contributed by atoms with Crippen LogP contribution >= 0.6 is 22.6 Å². The molecule has 3 aromatic rings. The third-order valence-corrected chi connectivity index (χ3v) is 4.73. The van der Waals surface area contributed by atoms with Crippen LogP contribution in [0.1, 0.15) is 11.4 Å². The van der Waals surface area contributed by atoms with Gasteiger partial charge in [-0.05, 0) is 59.3 Å². The SMILES string of the molecule is COc1ccc(Cn2c(C)nc3c(I)cc(OC)cc3c2=O)cc1. The van der Waals surface area contributed by atoms with E-state index in [1.54, 1.807) is 24.9 Å². The molecule has 0 radical (unpaired) electrons. The zero-order chi connectivity index (χ0) is 17.3. The van der Waals surface area contributed by atoms with Crippen LogP contribution in [0.25, 0.3) is 10.9 Å². The summed E-state index contributed by atoms with van der Waals surface area (Å²) in [4.78, 5) is 17.6. The first-order valence-corrected chi connectivity index (χ1v) is 8.49. The van der Waals surface area contributed by atoms with Crippen LogP contribution in [0.4, 0.5) is 0 Å². The van der Waals surface area contributed by atoms with E-state index in [4.69, 9.17) is 9.47 Å². The van der Waals surface area contributed by atoms with E-state index in [0.29, 0.717) is 29.0 Å². The summed E-state index contributed by atoms with van der Waals surface area (Å²) in [5.41, 5.74) is 1.66. The Labute approximate surface area is 153 Å². The zero-order valence-corrected chi connectivity index (χ0v) is 15.8. The van der Waals surface area contributed by atoms with Gasteiger partial charge >= 0.3 is 0 Å². The van der Waals surface area contributed by atoms with Gasteiger partial charge < -0.3 is 9.47 Å². The van der Waals surface area contributed by atoms with E-state index in [2.05, 4.69) is 27.6 Å². The molecule has 2 aromatic carbocycles. The van der Waals surface area contributed by atoms with Crippen molar-refractivity contribution >= 4 is 33.5 Å². The number of aromatic nitrogens is 2. The molecule has 0 amide bonds. The Balaban J connectivity index is 2.11. The highest BCUT2D eigenvalue weighted by atomic mass is 127. The fourth-order valence-electron chi connectivity index (χ4n) is 2.58. The van der Waals surface area contributed by atoms with Crippen LogP contribution < -0.4 is 15.0 Å². The largest absolute Gasteiger partial charge is 0.497 e. The number of nitrogens with zero attached hydrogens (tertiary/aromatic N) is 2. The molecule has 0 aliphatic heterocycles. The minimum absolute atomic E-state index is 0.0647. The Hall–Kier alpha value is -2.09. The second kappa shape index (κ2) is 6.80. The van der Waals surface area contributed by atoms with Crippen LogP contribution in [0.2, 0.25) is 0 Å². The highest BCUT2D eigenvalue weighted by molar-refractivity contribution is 14.1. The van der Waals surface area contributed by atoms with Gasteiger partial charge in [0, 0.05) is 3.57 Å². The summed E-state index contributed by atoms with van der Waals surface area (Å²) in [6.07, 6.45) is 0. The Bertz CT molecular complexity index is 949. The molecule has 0 atom stereocenters. The summed E-state index contributed by atoms with van der Waals surface area (Å²) in [5, 5.41) is 0.567. The lowest BCUT2D eigenvalue weighted by Gasteiger charge is -2.13. The molecule has 0 bridgehead atoms. The average molecular weight is 436 g/mol. The number of methoxy groups -OCH3 is 2. The highest BCUT2D eigenvalue weighted by Gasteiger charge is 2.12. The highest BCUT2D eigenvalue weighted by Crippen LogP contribution is 2.23. The zero-order valence-electron chi connectivity index (χ0n) is 13.7. The molecule has 0 saturated carbocycles. The van der Waals surface area contributed by atoms with E-state index in [-0.39, 0.29) is 5.56 Å². The minimum Gasteiger partial charge on any atom is -0.497 e. The summed E-state index contributed by atoms with van der Waals surface area (Å²) in [7, 11) is 3.22. The van der Waals surface area contributed by atoms with Crippen molar-refractivity contribution in [2.24, 2.45) is 0 Å². The third kappa shape index (κ3) is 3.10. The first kappa shape index (κ1) is 16.8. The first-order chi connectivity index (χ1) is 11.5. The van der Waals surface area contributed by atoms with E-state index < -0.39 is 0 Å². The molecule has 124 valence electrons. The summed E-state index contributed by atoms with van der Waals surface area (Å²) in [6, 6.07) is 11.3. The predicted molar refractivity (Wildman–Crippen MR) is 102 cm³/mol. The molecule has 0 aliphatic rings. The quantitative estimate of drug-likeness (QED) is 0.589. The molecule has 0 spiro atoms. The molecule has 0 fully saturated rings. The number of halogens is 1. The third-order valence-electron chi connectivity index (χ3n) is 3.91. The molecule has 6 heteroatoms. The molecule has 24 heavy (non-hydrogen) atoms. The molecule has 0 aliphatic carbocycles. The number of benzene rings is 2. The van der Waals surface area contributed by atoms with Gasteiger partial charge in [-0.15, -0.1) is 0 Å². The summed E-state index contributed by atoms with van der Waals surface area (Å²) in [5.74, 6) is 2.13. The van der Waals surface area contributed by atoms with E-state index >= 15 is 0 Å². The van der Waals surface area contributed by atoms with Crippen molar-refractivity contribution in [3.05, 3.63) is 61.7 Å². The number of fused-ring (bicyclic) bond motifs is 1. The van der Waals surface area contributed by atoms with Crippen LogP contribution in [0.15, 0.2) is 41.2 Å². The molecule has 0 unspecified atom stereocenters. The molecule has 0 N–H and O–H groups in total. The lowest BCUT2D eigenvalue weighted by atomic mass is 10.2. The molecule has 1 heterocycles. The van der Waals surface area contributed by atoms with Crippen LogP contribution in [-0.2, 0) is 6.54 Å². The summed E-state index contributed by atoms with van der Waals surface area (Å²) >= 11 is 2.18. The van der Waals surface area contributed by atoms with Crippen molar-refractivity contribution in [2.75, 3.05) is 14.2 Å². The average Bonchev–Trinajstić information content (AvgIpc) is 2.60. The van der Waals surface area contributed by atoms with E-state index in [1.165, 1.54) is 0 Å². The van der Waals surface area contributed by atoms with E-state index in [9.17, 15) is 4.79 Å². The van der Waals surface area contributed by atoms with Gasteiger partial charge in [-0.1, -0.05) is 12.1 Å². The second-order valence-corrected chi connectivity index (χ2v) is 6.57. The molecular formula is C18H17IN2O3. The summed E-state index contributed by atoms with van der Waals surface area (Å²) < 4.78 is 13.0. The van der Waals surface area contributed by atoms with Gasteiger partial charge in [-0.25, -0.2) is 4.98 Å². The van der Waals surface area contributed by atoms with Crippen LogP contribution in [0.5, 0.6) is 11.5 Å². The maximum absolute atomic E-state index is 12.9. The van der Waals surface area contributed by atoms with Crippen molar-refractivity contribution in [3.8, 4) is 11.5 Å². The number of aryl methyl sites for hydroxylation is 1. The Morgan fingerprint density at radius 1 is 1.08 bits per heavy atom. The van der Waals surface area contributed by atoms with Crippen molar-refractivity contribution in [3.63, 3.8) is 0 Å². The van der Waals surface area contributed by atoms with Crippen LogP contribution in [0.3, 0.4) is 0 Å². The molecule has 0 saturated heterocycles. The maximum atomic E-state index is 12.9. The monoisotopic (exact) mass is 436 g/mol. The molecule has 1 aromatic heterocycles. The van der Waals surface area contributed by atoms with Gasteiger partial charge in [0.25, 0.3) is 5.56 Å². The van der Waals surface area contributed by atoms with Crippen molar-refractivity contribution in [1.29, 1.82) is 0 Å². The lowest BCUT2D eigenvalue weighted by Crippen LogP contribution is -2.24. The Kier molecular flexibility index (Phi) is 4.75. The summed E-state index contributed by atoms with van der Waals surface area (Å²) in [6.45, 7) is 2.32. The fraction of sp³-hybridized carbons (Fsp3) is 0.222. The normalized spacial score (nSPS) is 10.8. The van der Waals surface area contributed by atoms with Gasteiger partial charge in [-0.3, -0.25) is 9.36 Å². The van der Waals surface area contributed by atoms with Crippen molar-refractivity contribution in [2.45, 2.75) is 13.5 Å². The second-order valence-electron chi connectivity index (χ2n) is 5.40. The maximum Gasteiger partial charge on any atom is 0.261 e. The minimum atomic E-state index is -0.0647. The fourth-order valence-corrected chi connectivity index (χ4v) is 3.30. The van der Waals surface area contributed by atoms with Gasteiger partial charge in [0.1, 0.15) is 17.3 Å². The number of ether oxygens (including phenoxy) is 2. The van der Waals surface area contributed by atoms with Crippen molar-refractivity contribution in [1.82, 2.24) is 9.55 Å². The van der Waals surface area contributed by atoms with Gasteiger partial charge in [0.05, 0.1) is 31.7 Å². The van der Waals surface area contributed by atoms with Gasteiger partial charge in [0.2, 0.25) is 0 Å². The van der Waals surface area contributed by atoms with Crippen LogP contribution in [0, 0.1) is 10.5 Å². The van der Waals surface area contributed by atoms with Gasteiger partial charge in [-0.2, -0.15) is 0 Å². The smallest absolute Gasteiger partial charge is 0.261 e. The Morgan fingerprint density at radius 3 is 2.38 bits per heavy atom. The first-order valence-electron chi connectivity index (χ1n) is 7.41. The molecular weight excluding hydrogens is 419 g/mol. The number of hydrogen-bond donors (Lipinski definition) is 0. The van der Waals surface area contributed by atoms with Crippen molar-refractivity contribution < 1.29 is 9.47 Å². The lowest BCUT2D eigenvalue weighted by molar-refractivity contribution is 0.414. The predicted octanol–water partition coefficient (Wildman–Crippen LogP) is 3.38. The van der Waals surface area contributed by atoms with Crippen LogP contribution in [-0.4, -0.2) is 23.8 Å². The van der Waals surface area contributed by atoms with Gasteiger partial charge in [0.15, 0.2) is 0 Å². The Morgan fingerprint density at radius 2 is 1.75 bits per heavy atom. The molecule has 5 nitrogen and oxygen atoms in total. The van der Waals surface area contributed by atoms with E-state index in [1.807, 2.05) is 37.3 Å².